The van der Waals surface area contributed by atoms with Gasteiger partial charge in [-0.05, 0) is 49.9 Å². The van der Waals surface area contributed by atoms with Crippen LogP contribution in [0.1, 0.15) is 29.2 Å². The molecule has 0 atom stereocenters. The van der Waals surface area contributed by atoms with Crippen LogP contribution >= 0.6 is 0 Å². The maximum atomic E-state index is 9.00. The van der Waals surface area contributed by atoms with Gasteiger partial charge in [-0.15, -0.1) is 0 Å². The van der Waals surface area contributed by atoms with Crippen molar-refractivity contribution in [1.29, 1.82) is 0 Å². The van der Waals surface area contributed by atoms with E-state index in [2.05, 4.69) is 39.8 Å². The van der Waals surface area contributed by atoms with Gasteiger partial charge in [-0.1, -0.05) is 12.1 Å². The summed E-state index contributed by atoms with van der Waals surface area (Å²) >= 11 is 0. The standard InChI is InChI=1S/C10H14.C2H4O2/c1-7-5-6-8(2)10(4)9(7)3;1-2(3)4/h5-6H,1-4H3;1H3,(H,3,4). The number of carboxylic acid groups (broad SMARTS) is 1. The summed E-state index contributed by atoms with van der Waals surface area (Å²) in [7, 11) is 0. The summed E-state index contributed by atoms with van der Waals surface area (Å²) in [5, 5.41) is 7.42. The van der Waals surface area contributed by atoms with E-state index in [4.69, 9.17) is 9.90 Å². The zero-order valence-corrected chi connectivity index (χ0v) is 9.51. The van der Waals surface area contributed by atoms with E-state index in [9.17, 15) is 0 Å². The average Bonchev–Trinajstić information content (AvgIpc) is 2.07. The fourth-order valence-electron chi connectivity index (χ4n) is 1.09. The molecule has 0 bridgehead atoms. The summed E-state index contributed by atoms with van der Waals surface area (Å²) < 4.78 is 0. The lowest BCUT2D eigenvalue weighted by Gasteiger charge is -2.06. The van der Waals surface area contributed by atoms with Crippen LogP contribution in [0.15, 0.2) is 12.1 Å². The SMILES string of the molecule is CC(=O)O.Cc1ccc(C)c(C)c1C. The number of hydrogen-bond acceptors (Lipinski definition) is 1. The monoisotopic (exact) mass is 194 g/mol. The first-order chi connectivity index (χ1) is 6.36. The summed E-state index contributed by atoms with van der Waals surface area (Å²) in [6.07, 6.45) is 0. The maximum absolute atomic E-state index is 9.00. The van der Waals surface area contributed by atoms with E-state index in [0.29, 0.717) is 0 Å². The Morgan fingerprint density at radius 1 is 1.00 bits per heavy atom. The summed E-state index contributed by atoms with van der Waals surface area (Å²) in [6, 6.07) is 4.36. The van der Waals surface area contributed by atoms with E-state index in [1.54, 1.807) is 0 Å². The third-order valence-electron chi connectivity index (χ3n) is 2.33. The molecule has 0 unspecified atom stereocenters. The third kappa shape index (κ3) is 4.08. The lowest BCUT2D eigenvalue weighted by Crippen LogP contribution is -1.88. The molecule has 0 aromatic heterocycles. The summed E-state index contributed by atoms with van der Waals surface area (Å²) in [4.78, 5) is 9.00. The van der Waals surface area contributed by atoms with Crippen molar-refractivity contribution < 1.29 is 9.90 Å². The van der Waals surface area contributed by atoms with Crippen LogP contribution in [0, 0.1) is 27.7 Å². The van der Waals surface area contributed by atoms with Gasteiger partial charge in [-0.3, -0.25) is 4.79 Å². The third-order valence-corrected chi connectivity index (χ3v) is 2.33. The highest BCUT2D eigenvalue weighted by atomic mass is 16.4. The van der Waals surface area contributed by atoms with Crippen LogP contribution in [0.5, 0.6) is 0 Å². The van der Waals surface area contributed by atoms with Gasteiger partial charge in [0.05, 0.1) is 0 Å². The normalized spacial score (nSPS) is 8.93. The molecule has 0 aliphatic rings. The number of aliphatic carboxylic acids is 1. The Morgan fingerprint density at radius 2 is 1.21 bits per heavy atom. The molecule has 0 fully saturated rings. The molecule has 0 heterocycles. The Hall–Kier alpha value is -1.31. The fraction of sp³-hybridized carbons (Fsp3) is 0.417. The van der Waals surface area contributed by atoms with E-state index in [0.717, 1.165) is 6.92 Å². The van der Waals surface area contributed by atoms with Crippen LogP contribution in [0.4, 0.5) is 0 Å². The van der Waals surface area contributed by atoms with E-state index in [-0.39, 0.29) is 0 Å². The number of rotatable bonds is 0. The summed E-state index contributed by atoms with van der Waals surface area (Å²) in [5.74, 6) is -0.833. The minimum atomic E-state index is -0.833. The zero-order chi connectivity index (χ0) is 11.3. The molecule has 0 radical (unpaired) electrons. The molecule has 0 aliphatic carbocycles. The van der Waals surface area contributed by atoms with Crippen molar-refractivity contribution in [1.82, 2.24) is 0 Å². The number of carboxylic acids is 1. The lowest BCUT2D eigenvalue weighted by atomic mass is 10.0. The van der Waals surface area contributed by atoms with Crippen molar-refractivity contribution in [3.8, 4) is 0 Å². The van der Waals surface area contributed by atoms with Crippen molar-refractivity contribution in [2.45, 2.75) is 34.6 Å². The van der Waals surface area contributed by atoms with E-state index in [1.165, 1.54) is 22.3 Å². The number of benzene rings is 1. The van der Waals surface area contributed by atoms with E-state index < -0.39 is 5.97 Å². The highest BCUT2D eigenvalue weighted by Gasteiger charge is 1.97. The molecule has 0 saturated heterocycles. The molecule has 0 saturated carbocycles. The molecule has 1 aromatic rings. The molecular weight excluding hydrogens is 176 g/mol. The number of carbonyl (C=O) groups is 1. The van der Waals surface area contributed by atoms with Gasteiger partial charge in [0, 0.05) is 6.92 Å². The second-order valence-corrected chi connectivity index (χ2v) is 3.47. The molecule has 14 heavy (non-hydrogen) atoms. The first kappa shape index (κ1) is 12.7. The van der Waals surface area contributed by atoms with Gasteiger partial charge >= 0.3 is 0 Å². The predicted molar refractivity (Wildman–Crippen MR) is 58.7 cm³/mol. The molecule has 1 rings (SSSR count). The second-order valence-electron chi connectivity index (χ2n) is 3.47. The van der Waals surface area contributed by atoms with Crippen LogP contribution in [0.25, 0.3) is 0 Å². The van der Waals surface area contributed by atoms with Crippen molar-refractivity contribution >= 4 is 5.97 Å². The van der Waals surface area contributed by atoms with Crippen molar-refractivity contribution in [2.24, 2.45) is 0 Å². The highest BCUT2D eigenvalue weighted by Crippen LogP contribution is 2.15. The van der Waals surface area contributed by atoms with Gasteiger partial charge in [-0.25, -0.2) is 0 Å². The average molecular weight is 194 g/mol. The van der Waals surface area contributed by atoms with Crippen LogP contribution in [-0.2, 0) is 4.79 Å². The summed E-state index contributed by atoms with van der Waals surface area (Å²) in [5.41, 5.74) is 5.64. The minimum Gasteiger partial charge on any atom is -0.481 e. The van der Waals surface area contributed by atoms with Crippen LogP contribution in [0.3, 0.4) is 0 Å². The van der Waals surface area contributed by atoms with Crippen LogP contribution < -0.4 is 0 Å². The summed E-state index contributed by atoms with van der Waals surface area (Å²) in [6.45, 7) is 9.75. The molecule has 0 spiro atoms. The van der Waals surface area contributed by atoms with Crippen molar-refractivity contribution in [3.63, 3.8) is 0 Å². The van der Waals surface area contributed by atoms with Gasteiger partial charge in [-0.2, -0.15) is 0 Å². The van der Waals surface area contributed by atoms with E-state index in [1.807, 2.05) is 0 Å². The zero-order valence-electron chi connectivity index (χ0n) is 9.51. The van der Waals surface area contributed by atoms with Gasteiger partial charge in [0.25, 0.3) is 5.97 Å². The molecule has 2 nitrogen and oxygen atoms in total. The first-order valence-electron chi connectivity index (χ1n) is 4.59. The Morgan fingerprint density at radius 3 is 1.43 bits per heavy atom. The number of hydrogen-bond donors (Lipinski definition) is 1. The molecule has 0 aliphatic heterocycles. The topological polar surface area (TPSA) is 37.3 Å². The lowest BCUT2D eigenvalue weighted by molar-refractivity contribution is -0.134. The Bertz CT molecular complexity index is 296. The molecule has 78 valence electrons. The van der Waals surface area contributed by atoms with Crippen LogP contribution in [0.2, 0.25) is 0 Å². The van der Waals surface area contributed by atoms with Gasteiger partial charge in [0.2, 0.25) is 0 Å². The molecule has 1 aromatic carbocycles. The van der Waals surface area contributed by atoms with Crippen molar-refractivity contribution in [2.75, 3.05) is 0 Å². The van der Waals surface area contributed by atoms with Crippen LogP contribution in [-0.4, -0.2) is 11.1 Å². The van der Waals surface area contributed by atoms with Crippen molar-refractivity contribution in [3.05, 3.63) is 34.4 Å². The minimum absolute atomic E-state index is 0.833. The predicted octanol–water partition coefficient (Wildman–Crippen LogP) is 3.01. The molecule has 1 N–H and O–H groups in total. The Kier molecular flexibility index (Phi) is 4.92. The molecular formula is C12H18O2. The highest BCUT2D eigenvalue weighted by molar-refractivity contribution is 5.62. The van der Waals surface area contributed by atoms with Gasteiger partial charge in [0.1, 0.15) is 0 Å². The Balaban J connectivity index is 0.000000364. The molecule has 2 heteroatoms. The van der Waals surface area contributed by atoms with Gasteiger partial charge < -0.3 is 5.11 Å². The number of aryl methyl sites for hydroxylation is 2. The Labute approximate surface area is 85.6 Å². The fourth-order valence-corrected chi connectivity index (χ4v) is 1.09. The maximum Gasteiger partial charge on any atom is 0.300 e. The molecule has 0 amide bonds. The van der Waals surface area contributed by atoms with E-state index >= 15 is 0 Å². The second kappa shape index (κ2) is 5.43. The smallest absolute Gasteiger partial charge is 0.300 e. The largest absolute Gasteiger partial charge is 0.481 e. The first-order valence-corrected chi connectivity index (χ1v) is 4.59. The van der Waals surface area contributed by atoms with Gasteiger partial charge in [0.15, 0.2) is 0 Å². The quantitative estimate of drug-likeness (QED) is 0.689.